The lowest BCUT2D eigenvalue weighted by Crippen LogP contribution is -2.47. The molecule has 1 amide bonds. The van der Waals surface area contributed by atoms with Gasteiger partial charge in [-0.15, -0.1) is 0 Å². The van der Waals surface area contributed by atoms with Gasteiger partial charge < -0.3 is 9.15 Å². The largest absolute Gasteiger partial charge is 0.458 e. The van der Waals surface area contributed by atoms with E-state index in [0.29, 0.717) is 24.0 Å². The molecule has 3 aromatic rings. The molecule has 1 unspecified atom stereocenters. The zero-order valence-corrected chi connectivity index (χ0v) is 17.4. The molecule has 0 saturated carbocycles. The highest BCUT2D eigenvalue weighted by Crippen LogP contribution is 2.56. The van der Waals surface area contributed by atoms with E-state index < -0.39 is 16.5 Å². The number of thioether (sulfide) groups is 1. The van der Waals surface area contributed by atoms with E-state index >= 15 is 0 Å². The number of hydrogen-bond acceptors (Lipinski definition) is 6. The summed E-state index contributed by atoms with van der Waals surface area (Å²) in [6, 6.07) is 12.6. The van der Waals surface area contributed by atoms with Crippen LogP contribution in [-0.4, -0.2) is 16.7 Å². The van der Waals surface area contributed by atoms with E-state index in [4.69, 9.17) is 9.15 Å². The van der Waals surface area contributed by atoms with Crippen molar-refractivity contribution in [2.24, 2.45) is 0 Å². The van der Waals surface area contributed by atoms with Crippen molar-refractivity contribution >= 4 is 40.3 Å². The number of fused-ring (bicyclic) bond motifs is 4. The van der Waals surface area contributed by atoms with Gasteiger partial charge in [-0.05, 0) is 49.2 Å². The minimum Gasteiger partial charge on any atom is -0.458 e. The van der Waals surface area contributed by atoms with Gasteiger partial charge in [-0.25, -0.2) is 9.59 Å². The third kappa shape index (κ3) is 2.76. The van der Waals surface area contributed by atoms with Gasteiger partial charge in [-0.3, -0.25) is 9.69 Å². The third-order valence-corrected chi connectivity index (χ3v) is 7.25. The fraction of sp³-hybridized carbons (Fsp3) is 0.261. The molecule has 1 saturated heterocycles. The fourth-order valence-electron chi connectivity index (χ4n) is 4.13. The van der Waals surface area contributed by atoms with Crippen LogP contribution in [0.5, 0.6) is 0 Å². The van der Waals surface area contributed by atoms with Crippen molar-refractivity contribution in [1.82, 2.24) is 0 Å². The molecule has 152 valence electrons. The number of anilines is 1. The van der Waals surface area contributed by atoms with Crippen LogP contribution >= 0.6 is 11.8 Å². The molecule has 1 atom stereocenters. The fourth-order valence-corrected chi connectivity index (χ4v) is 5.54. The molecular formula is C23H19NO5S. The molecule has 0 bridgehead atoms. The zero-order chi connectivity index (χ0) is 21.0. The SMILES string of the molecule is Cc1cc2oc(=O)cc(COC(=O)C34CCC(=O)N3c3ccccc3S4)c2cc1C. The summed E-state index contributed by atoms with van der Waals surface area (Å²) in [7, 11) is 0. The normalized spacial score (nSPS) is 19.8. The van der Waals surface area contributed by atoms with Crippen molar-refractivity contribution in [3.8, 4) is 0 Å². The van der Waals surface area contributed by atoms with Crippen molar-refractivity contribution < 1.29 is 18.7 Å². The summed E-state index contributed by atoms with van der Waals surface area (Å²) in [5.41, 5.74) is 3.38. The second-order valence-electron chi connectivity index (χ2n) is 7.68. The molecule has 0 aliphatic carbocycles. The Morgan fingerprint density at radius 3 is 2.77 bits per heavy atom. The quantitative estimate of drug-likeness (QED) is 0.468. The monoisotopic (exact) mass is 421 g/mol. The zero-order valence-electron chi connectivity index (χ0n) is 16.6. The van der Waals surface area contributed by atoms with Crippen molar-refractivity contribution in [2.45, 2.75) is 43.1 Å². The summed E-state index contributed by atoms with van der Waals surface area (Å²) < 4.78 is 11.0. The lowest BCUT2D eigenvalue weighted by molar-refractivity contribution is -0.148. The molecule has 7 heteroatoms. The van der Waals surface area contributed by atoms with E-state index in [2.05, 4.69) is 0 Å². The Hall–Kier alpha value is -3.06. The van der Waals surface area contributed by atoms with Crippen molar-refractivity contribution in [3.05, 3.63) is 69.6 Å². The van der Waals surface area contributed by atoms with Crippen LogP contribution in [0.25, 0.3) is 11.0 Å². The summed E-state index contributed by atoms with van der Waals surface area (Å²) in [5.74, 6) is -0.555. The number of esters is 1. The first-order valence-corrected chi connectivity index (χ1v) is 10.5. The van der Waals surface area contributed by atoms with Crippen LogP contribution in [0.1, 0.15) is 29.5 Å². The Bertz CT molecular complexity index is 1280. The van der Waals surface area contributed by atoms with E-state index in [1.54, 1.807) is 4.90 Å². The van der Waals surface area contributed by atoms with Crippen molar-refractivity contribution in [1.29, 1.82) is 0 Å². The number of carbonyl (C=O) groups is 2. The number of rotatable bonds is 3. The topological polar surface area (TPSA) is 76.8 Å². The second kappa shape index (κ2) is 6.74. The van der Waals surface area contributed by atoms with Crippen LogP contribution in [0, 0.1) is 13.8 Å². The van der Waals surface area contributed by atoms with Crippen LogP contribution in [0.4, 0.5) is 5.69 Å². The standard InChI is InChI=1S/C23H19NO5S/c1-13-9-16-15(11-21(26)29-18(16)10-14(13)2)12-28-22(27)23-8-7-20(25)24(23)17-5-3-4-6-19(17)30-23/h3-6,9-11H,7-8,12H2,1-2H3. The Morgan fingerprint density at radius 1 is 1.17 bits per heavy atom. The number of amides is 1. The first-order valence-electron chi connectivity index (χ1n) is 9.71. The molecule has 30 heavy (non-hydrogen) atoms. The average Bonchev–Trinajstić information content (AvgIpc) is 3.23. The summed E-state index contributed by atoms with van der Waals surface area (Å²) >= 11 is 1.36. The maximum atomic E-state index is 13.2. The van der Waals surface area contributed by atoms with Gasteiger partial charge in [0.1, 0.15) is 12.2 Å². The smallest absolute Gasteiger partial charge is 0.343 e. The molecule has 2 aliphatic heterocycles. The molecule has 0 spiro atoms. The van der Waals surface area contributed by atoms with E-state index in [9.17, 15) is 14.4 Å². The Balaban J connectivity index is 1.47. The van der Waals surface area contributed by atoms with Gasteiger partial charge in [0.05, 0.1) is 5.69 Å². The molecule has 0 N–H and O–H groups in total. The van der Waals surface area contributed by atoms with E-state index in [1.165, 1.54) is 17.8 Å². The number of para-hydroxylation sites is 1. The van der Waals surface area contributed by atoms with Crippen LogP contribution in [0.2, 0.25) is 0 Å². The van der Waals surface area contributed by atoms with E-state index in [-0.39, 0.29) is 12.5 Å². The number of ether oxygens (including phenoxy) is 1. The van der Waals surface area contributed by atoms with Crippen LogP contribution in [0.3, 0.4) is 0 Å². The van der Waals surface area contributed by atoms with Gasteiger partial charge >= 0.3 is 11.6 Å². The predicted molar refractivity (Wildman–Crippen MR) is 114 cm³/mol. The van der Waals surface area contributed by atoms with E-state index in [0.717, 1.165) is 27.1 Å². The first kappa shape index (κ1) is 18.9. The Kier molecular flexibility index (Phi) is 4.25. The highest BCUT2D eigenvalue weighted by atomic mass is 32.2. The van der Waals surface area contributed by atoms with Crippen LogP contribution in [-0.2, 0) is 20.9 Å². The lowest BCUT2D eigenvalue weighted by atomic mass is 10.0. The van der Waals surface area contributed by atoms with Crippen LogP contribution in [0.15, 0.2) is 56.6 Å². The highest BCUT2D eigenvalue weighted by molar-refractivity contribution is 8.02. The maximum Gasteiger partial charge on any atom is 0.343 e. The Morgan fingerprint density at radius 2 is 1.93 bits per heavy atom. The average molecular weight is 421 g/mol. The maximum absolute atomic E-state index is 13.2. The summed E-state index contributed by atoms with van der Waals surface area (Å²) in [5, 5.41) is 0.740. The Labute approximate surface area is 176 Å². The number of benzene rings is 2. The number of aryl methyl sites for hydroxylation is 2. The molecular weight excluding hydrogens is 402 g/mol. The van der Waals surface area contributed by atoms with Gasteiger partial charge in [-0.2, -0.15) is 0 Å². The number of hydrogen-bond donors (Lipinski definition) is 0. The van der Waals surface area contributed by atoms with Gasteiger partial charge in [-0.1, -0.05) is 23.9 Å². The molecule has 2 aromatic carbocycles. The van der Waals surface area contributed by atoms with Gasteiger partial charge in [0.25, 0.3) is 0 Å². The first-order chi connectivity index (χ1) is 14.4. The lowest BCUT2D eigenvalue weighted by Gasteiger charge is -2.28. The molecule has 6 nitrogen and oxygen atoms in total. The molecule has 1 aromatic heterocycles. The highest BCUT2D eigenvalue weighted by Gasteiger charge is 2.58. The molecule has 1 fully saturated rings. The van der Waals surface area contributed by atoms with Crippen molar-refractivity contribution in [3.63, 3.8) is 0 Å². The minimum atomic E-state index is -1.08. The summed E-state index contributed by atoms with van der Waals surface area (Å²) in [6.07, 6.45) is 0.687. The number of carbonyl (C=O) groups excluding carboxylic acids is 2. The molecule has 3 heterocycles. The predicted octanol–water partition coefficient (Wildman–Crippen LogP) is 4.08. The van der Waals surface area contributed by atoms with Crippen molar-refractivity contribution in [2.75, 3.05) is 4.90 Å². The third-order valence-electron chi connectivity index (χ3n) is 5.80. The molecule has 0 radical (unpaired) electrons. The van der Waals surface area contributed by atoms with Gasteiger partial charge in [0.2, 0.25) is 5.91 Å². The van der Waals surface area contributed by atoms with Gasteiger partial charge in [0, 0.05) is 34.8 Å². The molecule has 2 aliphatic rings. The van der Waals surface area contributed by atoms with E-state index in [1.807, 2.05) is 50.2 Å². The summed E-state index contributed by atoms with van der Waals surface area (Å²) in [6.45, 7) is 3.86. The minimum absolute atomic E-state index is 0.0654. The second-order valence-corrected chi connectivity index (χ2v) is 9.00. The van der Waals surface area contributed by atoms with Gasteiger partial charge in [0.15, 0.2) is 4.87 Å². The molecule has 5 rings (SSSR count). The number of nitrogens with zero attached hydrogens (tertiary/aromatic N) is 1. The van der Waals surface area contributed by atoms with Crippen LogP contribution < -0.4 is 10.5 Å². The summed E-state index contributed by atoms with van der Waals surface area (Å²) in [4.78, 5) is 39.2.